The number of Topliss-reactive ketones (excluding diaryl/α,β-unsaturated/α-hetero) is 1. The van der Waals surface area contributed by atoms with E-state index in [1.165, 1.54) is 17.4 Å². The molecule has 1 aromatic carbocycles. The number of hydrogen-bond donors (Lipinski definition) is 2. The smallest absolute Gasteiger partial charge is 0.416 e. The highest BCUT2D eigenvalue weighted by molar-refractivity contribution is 7.18. The lowest BCUT2D eigenvalue weighted by Crippen LogP contribution is -2.33. The van der Waals surface area contributed by atoms with Gasteiger partial charge in [0.05, 0.1) is 39.8 Å². The average Bonchev–Trinajstić information content (AvgIpc) is 3.37. The Kier molecular flexibility index (Phi) is 6.03. The summed E-state index contributed by atoms with van der Waals surface area (Å²) in [5.74, 6) is -1.75. The first-order valence-electron chi connectivity index (χ1n) is 9.45. The monoisotopic (exact) mass is 496 g/mol. The lowest BCUT2D eigenvalue weighted by Gasteiger charge is -2.09. The normalized spacial score (nSPS) is 13.0. The summed E-state index contributed by atoms with van der Waals surface area (Å²) in [5.41, 5.74) is 4.62. The van der Waals surface area contributed by atoms with E-state index >= 15 is 0 Å². The molecule has 4 rings (SSSR count). The molecule has 1 atom stereocenters. The quantitative estimate of drug-likeness (QED) is 0.402. The second-order valence-electron chi connectivity index (χ2n) is 7.26. The molecular formula is C20H15F3N4O4S2. The van der Waals surface area contributed by atoms with Crippen LogP contribution in [0.3, 0.4) is 0 Å². The SMILES string of the molecule is N[C@@H](CC(=O)Cc1nn(Cc2nc3cc(C(F)(F)F)ccc3s2)c(=O)c2cscc12)C(=O)O. The van der Waals surface area contributed by atoms with Crippen LogP contribution in [0, 0.1) is 0 Å². The number of nitrogens with zero attached hydrogens (tertiary/aromatic N) is 3. The number of ketones is 1. The van der Waals surface area contributed by atoms with Crippen molar-refractivity contribution in [3.05, 3.63) is 55.6 Å². The molecule has 33 heavy (non-hydrogen) atoms. The van der Waals surface area contributed by atoms with E-state index in [4.69, 9.17) is 10.8 Å². The number of aromatic nitrogens is 3. The van der Waals surface area contributed by atoms with Gasteiger partial charge in [0.15, 0.2) is 0 Å². The highest BCUT2D eigenvalue weighted by Gasteiger charge is 2.30. The predicted molar refractivity (Wildman–Crippen MR) is 117 cm³/mol. The minimum Gasteiger partial charge on any atom is -0.480 e. The van der Waals surface area contributed by atoms with Crippen molar-refractivity contribution in [1.82, 2.24) is 14.8 Å². The molecule has 0 saturated heterocycles. The number of halogens is 3. The number of nitrogens with two attached hydrogens (primary N) is 1. The summed E-state index contributed by atoms with van der Waals surface area (Å²) in [6.45, 7) is -0.0961. The summed E-state index contributed by atoms with van der Waals surface area (Å²) in [4.78, 5) is 40.3. The molecule has 3 N–H and O–H groups in total. The first-order valence-corrected chi connectivity index (χ1v) is 11.2. The number of fused-ring (bicyclic) bond motifs is 2. The van der Waals surface area contributed by atoms with E-state index in [0.717, 1.165) is 28.2 Å². The molecule has 8 nitrogen and oxygen atoms in total. The van der Waals surface area contributed by atoms with Crippen molar-refractivity contribution in [3.63, 3.8) is 0 Å². The number of carbonyl (C=O) groups is 2. The first-order chi connectivity index (χ1) is 15.5. The van der Waals surface area contributed by atoms with Crippen molar-refractivity contribution in [2.45, 2.75) is 31.6 Å². The van der Waals surface area contributed by atoms with E-state index in [1.807, 2.05) is 0 Å². The van der Waals surface area contributed by atoms with E-state index in [2.05, 4.69) is 10.1 Å². The van der Waals surface area contributed by atoms with Crippen LogP contribution in [0.1, 0.15) is 22.7 Å². The number of carboxylic acid groups (broad SMARTS) is 1. The Labute approximate surface area is 191 Å². The Morgan fingerprint density at radius 3 is 2.64 bits per heavy atom. The van der Waals surface area contributed by atoms with Crippen molar-refractivity contribution < 1.29 is 27.9 Å². The van der Waals surface area contributed by atoms with Crippen LogP contribution >= 0.6 is 22.7 Å². The number of rotatable bonds is 7. The number of alkyl halides is 3. The van der Waals surface area contributed by atoms with Gasteiger partial charge in [-0.15, -0.1) is 11.3 Å². The van der Waals surface area contributed by atoms with Gasteiger partial charge in [0, 0.05) is 22.6 Å². The molecule has 13 heteroatoms. The third-order valence-electron chi connectivity index (χ3n) is 4.85. The van der Waals surface area contributed by atoms with E-state index in [9.17, 15) is 27.6 Å². The molecule has 0 aliphatic heterocycles. The van der Waals surface area contributed by atoms with Crippen LogP contribution in [0.4, 0.5) is 13.2 Å². The second-order valence-corrected chi connectivity index (χ2v) is 9.12. The lowest BCUT2D eigenvalue weighted by molar-refractivity contribution is -0.140. The predicted octanol–water partition coefficient (Wildman–Crippen LogP) is 3.05. The summed E-state index contributed by atoms with van der Waals surface area (Å²) in [5, 5.41) is 17.6. The minimum atomic E-state index is -4.49. The van der Waals surface area contributed by atoms with Crippen molar-refractivity contribution in [1.29, 1.82) is 0 Å². The van der Waals surface area contributed by atoms with Gasteiger partial charge in [-0.25, -0.2) is 9.67 Å². The molecule has 0 aliphatic rings. The van der Waals surface area contributed by atoms with Crippen molar-refractivity contribution in [2.75, 3.05) is 0 Å². The zero-order valence-electron chi connectivity index (χ0n) is 16.6. The van der Waals surface area contributed by atoms with Gasteiger partial charge in [0.25, 0.3) is 5.56 Å². The molecule has 4 aromatic rings. The maximum absolute atomic E-state index is 13.0. The molecular weight excluding hydrogens is 481 g/mol. The Morgan fingerprint density at radius 2 is 1.94 bits per heavy atom. The fraction of sp³-hybridized carbons (Fsp3) is 0.250. The minimum absolute atomic E-state index is 0.0961. The highest BCUT2D eigenvalue weighted by Crippen LogP contribution is 2.33. The van der Waals surface area contributed by atoms with Gasteiger partial charge < -0.3 is 10.8 Å². The third-order valence-corrected chi connectivity index (χ3v) is 6.62. The average molecular weight is 496 g/mol. The third kappa shape index (κ3) is 4.79. The fourth-order valence-electron chi connectivity index (χ4n) is 3.25. The van der Waals surface area contributed by atoms with Gasteiger partial charge in [-0.3, -0.25) is 14.4 Å². The summed E-state index contributed by atoms with van der Waals surface area (Å²) >= 11 is 2.38. The number of aliphatic carboxylic acids is 1. The van der Waals surface area contributed by atoms with Crippen LogP contribution in [0.5, 0.6) is 0 Å². The maximum Gasteiger partial charge on any atom is 0.416 e. The molecule has 0 spiro atoms. The van der Waals surface area contributed by atoms with E-state index in [0.29, 0.717) is 20.5 Å². The molecule has 0 aliphatic carbocycles. The summed E-state index contributed by atoms with van der Waals surface area (Å²) in [6.07, 6.45) is -5.10. The van der Waals surface area contributed by atoms with Gasteiger partial charge in [-0.1, -0.05) is 0 Å². The zero-order chi connectivity index (χ0) is 23.9. The second kappa shape index (κ2) is 8.65. The first kappa shape index (κ1) is 23.0. The Bertz CT molecular complexity index is 1440. The molecule has 0 unspecified atom stereocenters. The maximum atomic E-state index is 13.0. The standard InChI is InChI=1S/C20H15F3N4O4S2/c21-20(22,23)9-1-2-16-15(3-9)25-17(33-16)6-27-18(29)12-8-32-7-11(12)14(26-27)5-10(28)4-13(24)19(30)31/h1-3,7-8,13H,4-6,24H2,(H,30,31)/t13-/m0/s1. The topological polar surface area (TPSA) is 128 Å². The molecule has 3 heterocycles. The van der Waals surface area contributed by atoms with E-state index in [1.54, 1.807) is 10.8 Å². The van der Waals surface area contributed by atoms with Gasteiger partial charge in [-0.05, 0) is 18.2 Å². The van der Waals surface area contributed by atoms with Crippen LogP contribution in [0.25, 0.3) is 21.0 Å². The number of carboxylic acids is 1. The largest absolute Gasteiger partial charge is 0.480 e. The van der Waals surface area contributed by atoms with Gasteiger partial charge in [0.2, 0.25) is 0 Å². The molecule has 0 saturated carbocycles. The van der Waals surface area contributed by atoms with Gasteiger partial charge in [0.1, 0.15) is 16.8 Å². The van der Waals surface area contributed by atoms with Crippen LogP contribution in [0.2, 0.25) is 0 Å². The Morgan fingerprint density at radius 1 is 1.21 bits per heavy atom. The molecule has 0 bridgehead atoms. The Hall–Kier alpha value is -3.16. The zero-order valence-corrected chi connectivity index (χ0v) is 18.3. The number of benzene rings is 1. The number of hydrogen-bond acceptors (Lipinski definition) is 8. The van der Waals surface area contributed by atoms with Crippen molar-refractivity contribution >= 4 is 55.4 Å². The molecule has 0 radical (unpaired) electrons. The van der Waals surface area contributed by atoms with Crippen LogP contribution in [0.15, 0.2) is 33.8 Å². The summed E-state index contributed by atoms with van der Waals surface area (Å²) < 4.78 is 40.5. The van der Waals surface area contributed by atoms with Gasteiger partial charge in [-0.2, -0.15) is 29.6 Å². The van der Waals surface area contributed by atoms with Crippen LogP contribution < -0.4 is 11.3 Å². The molecule has 0 fully saturated rings. The van der Waals surface area contributed by atoms with Crippen LogP contribution in [-0.4, -0.2) is 37.7 Å². The lowest BCUT2D eigenvalue weighted by atomic mass is 10.1. The number of carbonyl (C=O) groups excluding carboxylic acids is 1. The highest BCUT2D eigenvalue weighted by atomic mass is 32.1. The molecule has 3 aromatic heterocycles. The number of thiophene rings is 1. The summed E-state index contributed by atoms with van der Waals surface area (Å²) in [6, 6.07) is 1.90. The van der Waals surface area contributed by atoms with E-state index in [-0.39, 0.29) is 30.6 Å². The fourth-order valence-corrected chi connectivity index (χ4v) is 5.01. The van der Waals surface area contributed by atoms with Crippen molar-refractivity contribution in [3.8, 4) is 0 Å². The van der Waals surface area contributed by atoms with E-state index < -0.39 is 35.1 Å². The Balaban J connectivity index is 1.67. The molecule has 172 valence electrons. The van der Waals surface area contributed by atoms with Gasteiger partial charge >= 0.3 is 12.1 Å². The summed E-state index contributed by atoms with van der Waals surface area (Å²) in [7, 11) is 0. The van der Waals surface area contributed by atoms with Crippen molar-refractivity contribution in [2.24, 2.45) is 5.73 Å². The van der Waals surface area contributed by atoms with Crippen LogP contribution in [-0.2, 0) is 28.7 Å². The number of thiazole rings is 1. The molecule has 0 amide bonds.